The molecule has 0 unspecified atom stereocenters. The molecule has 1 aliphatic carbocycles. The van der Waals surface area contributed by atoms with Crippen LogP contribution in [0.1, 0.15) is 37.0 Å². The molecule has 0 saturated carbocycles. The van der Waals surface area contributed by atoms with Crippen molar-refractivity contribution in [2.45, 2.75) is 43.8 Å². The van der Waals surface area contributed by atoms with E-state index in [0.29, 0.717) is 12.3 Å². The summed E-state index contributed by atoms with van der Waals surface area (Å²) in [6.45, 7) is 8.73. The number of hydrogen-bond donors (Lipinski definition) is 0. The highest BCUT2D eigenvalue weighted by Gasteiger charge is 2.38. The topological polar surface area (TPSA) is 34.9 Å². The van der Waals surface area contributed by atoms with Crippen LogP contribution in [0.3, 0.4) is 0 Å². The van der Waals surface area contributed by atoms with Gasteiger partial charge >= 0.3 is 0 Å². The van der Waals surface area contributed by atoms with E-state index in [-0.39, 0.29) is 11.0 Å². The fraction of sp³-hybridized carbons (Fsp3) is 0.280. The number of hydrogen-bond acceptors (Lipinski definition) is 3. The van der Waals surface area contributed by atoms with Crippen LogP contribution in [0.2, 0.25) is 0 Å². The highest BCUT2D eigenvalue weighted by Crippen LogP contribution is 2.42. The smallest absolute Gasteiger partial charge is 0.258 e. The number of fused-ring (bicyclic) bond motifs is 3. The summed E-state index contributed by atoms with van der Waals surface area (Å²) in [6.07, 6.45) is 3.62. The van der Waals surface area contributed by atoms with E-state index in [9.17, 15) is 4.79 Å². The SMILES string of the molecule is C=CCSc1nc2c(c(=O)n1Cc1ccccc1)[C@@](C)(CC)Cc1ccccc1-2. The summed E-state index contributed by atoms with van der Waals surface area (Å²) in [5.74, 6) is 0.715. The van der Waals surface area contributed by atoms with Crippen molar-refractivity contribution in [1.29, 1.82) is 0 Å². The maximum absolute atomic E-state index is 13.9. The Morgan fingerprint density at radius 2 is 1.90 bits per heavy atom. The molecular formula is C25H26N2OS. The van der Waals surface area contributed by atoms with Gasteiger partial charge in [-0.15, -0.1) is 6.58 Å². The second kappa shape index (κ2) is 8.03. The molecule has 148 valence electrons. The molecule has 29 heavy (non-hydrogen) atoms. The van der Waals surface area contributed by atoms with Gasteiger partial charge in [0.15, 0.2) is 5.16 Å². The summed E-state index contributed by atoms with van der Waals surface area (Å²) in [6, 6.07) is 18.5. The molecule has 4 heteroatoms. The van der Waals surface area contributed by atoms with Gasteiger partial charge in [-0.1, -0.05) is 86.3 Å². The molecule has 1 aromatic heterocycles. The quantitative estimate of drug-likeness (QED) is 0.312. The molecule has 1 aliphatic rings. The fourth-order valence-corrected chi connectivity index (χ4v) is 4.87. The summed E-state index contributed by atoms with van der Waals surface area (Å²) in [5, 5.41) is 0.757. The molecule has 1 atom stereocenters. The van der Waals surface area contributed by atoms with Crippen LogP contribution in [0.15, 0.2) is 77.2 Å². The highest BCUT2D eigenvalue weighted by atomic mass is 32.2. The van der Waals surface area contributed by atoms with Gasteiger partial charge in [0, 0.05) is 16.7 Å². The molecule has 1 heterocycles. The molecule has 0 aliphatic heterocycles. The molecule has 0 radical (unpaired) electrons. The van der Waals surface area contributed by atoms with E-state index in [1.54, 1.807) is 11.8 Å². The van der Waals surface area contributed by atoms with Crippen molar-refractivity contribution < 1.29 is 0 Å². The van der Waals surface area contributed by atoms with Crippen LogP contribution in [0, 0.1) is 0 Å². The minimum absolute atomic E-state index is 0.0873. The third-order valence-electron chi connectivity index (χ3n) is 5.88. The van der Waals surface area contributed by atoms with E-state index in [1.165, 1.54) is 5.56 Å². The molecular weight excluding hydrogens is 376 g/mol. The number of thioether (sulfide) groups is 1. The van der Waals surface area contributed by atoms with Crippen LogP contribution in [0.25, 0.3) is 11.3 Å². The monoisotopic (exact) mass is 402 g/mol. The Bertz CT molecular complexity index is 1100. The van der Waals surface area contributed by atoms with Crippen LogP contribution >= 0.6 is 11.8 Å². The number of nitrogens with zero attached hydrogens (tertiary/aromatic N) is 2. The Labute approximate surface area is 176 Å². The van der Waals surface area contributed by atoms with Gasteiger partial charge in [-0.05, 0) is 24.0 Å². The second-order valence-corrected chi connectivity index (χ2v) is 8.83. The zero-order valence-corrected chi connectivity index (χ0v) is 17.8. The first kappa shape index (κ1) is 19.7. The summed E-state index contributed by atoms with van der Waals surface area (Å²) in [4.78, 5) is 18.9. The van der Waals surface area contributed by atoms with Crippen molar-refractivity contribution in [3.05, 3.63) is 94.3 Å². The minimum atomic E-state index is -0.214. The Hall–Kier alpha value is -2.59. The Balaban J connectivity index is 1.97. The molecule has 4 rings (SSSR count). The van der Waals surface area contributed by atoms with Crippen LogP contribution in [0.4, 0.5) is 0 Å². The lowest BCUT2D eigenvalue weighted by atomic mass is 9.69. The van der Waals surface area contributed by atoms with Crippen LogP contribution in [0.5, 0.6) is 0 Å². The van der Waals surface area contributed by atoms with Crippen molar-refractivity contribution in [3.63, 3.8) is 0 Å². The summed E-state index contributed by atoms with van der Waals surface area (Å²) >= 11 is 1.57. The molecule has 0 saturated heterocycles. The van der Waals surface area contributed by atoms with E-state index >= 15 is 0 Å². The Morgan fingerprint density at radius 1 is 1.17 bits per heavy atom. The van der Waals surface area contributed by atoms with Crippen LogP contribution in [-0.4, -0.2) is 15.3 Å². The summed E-state index contributed by atoms with van der Waals surface area (Å²) in [7, 11) is 0. The molecule has 0 fully saturated rings. The van der Waals surface area contributed by atoms with Crippen LogP contribution < -0.4 is 5.56 Å². The molecule has 3 nitrogen and oxygen atoms in total. The molecule has 3 aromatic rings. The first-order chi connectivity index (χ1) is 14.1. The molecule has 2 aromatic carbocycles. The first-order valence-electron chi connectivity index (χ1n) is 10.1. The average Bonchev–Trinajstić information content (AvgIpc) is 2.75. The van der Waals surface area contributed by atoms with E-state index in [1.807, 2.05) is 34.9 Å². The number of benzene rings is 2. The van der Waals surface area contributed by atoms with Gasteiger partial charge in [0.2, 0.25) is 0 Å². The third-order valence-corrected chi connectivity index (χ3v) is 6.86. The summed E-state index contributed by atoms with van der Waals surface area (Å²) in [5.41, 5.74) is 5.06. The van der Waals surface area contributed by atoms with Crippen molar-refractivity contribution in [2.24, 2.45) is 0 Å². The predicted molar refractivity (Wildman–Crippen MR) is 122 cm³/mol. The Morgan fingerprint density at radius 3 is 2.62 bits per heavy atom. The average molecular weight is 403 g/mol. The van der Waals surface area contributed by atoms with E-state index in [2.05, 4.69) is 50.8 Å². The van der Waals surface area contributed by atoms with Crippen molar-refractivity contribution in [1.82, 2.24) is 9.55 Å². The first-order valence-corrected chi connectivity index (χ1v) is 11.1. The van der Waals surface area contributed by atoms with Gasteiger partial charge in [0.25, 0.3) is 5.56 Å². The molecule has 0 spiro atoms. The van der Waals surface area contributed by atoms with Gasteiger partial charge in [-0.3, -0.25) is 9.36 Å². The number of rotatable bonds is 6. The maximum Gasteiger partial charge on any atom is 0.258 e. The van der Waals surface area contributed by atoms with Crippen LogP contribution in [-0.2, 0) is 18.4 Å². The highest BCUT2D eigenvalue weighted by molar-refractivity contribution is 7.99. The van der Waals surface area contributed by atoms with E-state index < -0.39 is 0 Å². The minimum Gasteiger partial charge on any atom is -0.283 e. The molecule has 0 amide bonds. The van der Waals surface area contributed by atoms with Gasteiger partial charge in [-0.2, -0.15) is 0 Å². The van der Waals surface area contributed by atoms with Gasteiger partial charge in [0.05, 0.1) is 17.8 Å². The maximum atomic E-state index is 13.9. The lowest BCUT2D eigenvalue weighted by molar-refractivity contribution is 0.430. The number of aromatic nitrogens is 2. The van der Waals surface area contributed by atoms with E-state index in [4.69, 9.17) is 4.98 Å². The zero-order valence-electron chi connectivity index (χ0n) is 17.0. The fourth-order valence-electron chi connectivity index (χ4n) is 4.14. The second-order valence-electron chi connectivity index (χ2n) is 7.84. The predicted octanol–water partition coefficient (Wildman–Crippen LogP) is 5.46. The van der Waals surface area contributed by atoms with Crippen molar-refractivity contribution >= 4 is 11.8 Å². The van der Waals surface area contributed by atoms with Gasteiger partial charge in [0.1, 0.15) is 0 Å². The molecule has 0 bridgehead atoms. The Kier molecular flexibility index (Phi) is 5.46. The largest absolute Gasteiger partial charge is 0.283 e. The lowest BCUT2D eigenvalue weighted by Gasteiger charge is -2.35. The van der Waals surface area contributed by atoms with E-state index in [0.717, 1.165) is 40.4 Å². The van der Waals surface area contributed by atoms with Crippen molar-refractivity contribution in [3.8, 4) is 11.3 Å². The van der Waals surface area contributed by atoms with Gasteiger partial charge < -0.3 is 0 Å². The lowest BCUT2D eigenvalue weighted by Crippen LogP contribution is -2.40. The molecule has 0 N–H and O–H groups in total. The van der Waals surface area contributed by atoms with Gasteiger partial charge in [-0.25, -0.2) is 4.98 Å². The normalized spacial score (nSPS) is 17.4. The summed E-state index contributed by atoms with van der Waals surface area (Å²) < 4.78 is 1.85. The van der Waals surface area contributed by atoms with Crippen molar-refractivity contribution in [2.75, 3.05) is 5.75 Å². The third kappa shape index (κ3) is 3.58. The standard InChI is InChI=1S/C25H26N2OS/c1-4-15-29-24-26-22-20-14-10-9-13-19(20)16-25(3,5-2)21(22)23(28)27(24)17-18-11-7-6-8-12-18/h4,6-14H,1,5,15-17H2,2-3H3/t25-/m0/s1. The zero-order chi connectivity index (χ0) is 20.4.